The lowest BCUT2D eigenvalue weighted by molar-refractivity contribution is -0.131. The first-order chi connectivity index (χ1) is 11.5. The van der Waals surface area contributed by atoms with E-state index >= 15 is 0 Å². The lowest BCUT2D eigenvalue weighted by Crippen LogP contribution is -2.45. The largest absolute Gasteiger partial charge is 0.484 e. The van der Waals surface area contributed by atoms with E-state index in [-0.39, 0.29) is 13.2 Å². The van der Waals surface area contributed by atoms with Crippen LogP contribution in [0.4, 0.5) is 0 Å². The Kier molecular flexibility index (Phi) is 6.89. The molecule has 2 aromatic rings. The Hall–Kier alpha value is -2.25. The Bertz CT molecular complexity index is 631. The minimum Gasteiger partial charge on any atom is -0.484 e. The summed E-state index contributed by atoms with van der Waals surface area (Å²) in [5.41, 5.74) is 4.47. The predicted octanol–water partition coefficient (Wildman–Crippen LogP) is 2.71. The smallest absolute Gasteiger partial charge is 0.276 e. The molecule has 0 aromatic heterocycles. The Balaban J connectivity index is 1.64. The van der Waals surface area contributed by atoms with Crippen LogP contribution >= 0.6 is 27.5 Å². The summed E-state index contributed by atoms with van der Waals surface area (Å²) in [5.74, 6) is 0.0601. The fourth-order valence-electron chi connectivity index (χ4n) is 1.57. The molecule has 0 atom stereocenters. The fourth-order valence-corrected chi connectivity index (χ4v) is 1.96. The van der Waals surface area contributed by atoms with Crippen LogP contribution in [-0.4, -0.2) is 25.0 Å². The van der Waals surface area contributed by atoms with E-state index in [4.69, 9.17) is 21.1 Å². The van der Waals surface area contributed by atoms with E-state index in [1.165, 1.54) is 0 Å². The molecular formula is C16H14BrClN2O4. The zero-order valence-corrected chi connectivity index (χ0v) is 14.8. The van der Waals surface area contributed by atoms with Crippen molar-refractivity contribution in [3.8, 4) is 11.5 Å². The molecular weight excluding hydrogens is 400 g/mol. The number of carbonyl (C=O) groups is 2. The molecule has 2 aromatic carbocycles. The summed E-state index contributed by atoms with van der Waals surface area (Å²) >= 11 is 9.04. The molecule has 2 amide bonds. The van der Waals surface area contributed by atoms with Crippen molar-refractivity contribution in [3.63, 3.8) is 0 Å². The van der Waals surface area contributed by atoms with Crippen molar-refractivity contribution in [1.82, 2.24) is 10.9 Å². The standard InChI is InChI=1S/C16H14BrClN2O4/c17-11-1-5-13(6-2-11)23-9-15(21)19-20-16(22)10-24-14-7-3-12(18)4-8-14/h1-8H,9-10H2,(H,19,21)(H,20,22). The van der Waals surface area contributed by atoms with Crippen LogP contribution in [-0.2, 0) is 9.59 Å². The summed E-state index contributed by atoms with van der Waals surface area (Å²) in [7, 11) is 0. The van der Waals surface area contributed by atoms with E-state index < -0.39 is 11.8 Å². The van der Waals surface area contributed by atoms with E-state index in [1.54, 1.807) is 48.5 Å². The normalized spacial score (nSPS) is 9.92. The predicted molar refractivity (Wildman–Crippen MR) is 92.9 cm³/mol. The molecule has 0 aliphatic heterocycles. The van der Waals surface area contributed by atoms with Gasteiger partial charge < -0.3 is 9.47 Å². The molecule has 0 heterocycles. The highest BCUT2D eigenvalue weighted by atomic mass is 79.9. The highest BCUT2D eigenvalue weighted by Crippen LogP contribution is 2.16. The van der Waals surface area contributed by atoms with E-state index in [0.717, 1.165) is 4.47 Å². The van der Waals surface area contributed by atoms with Crippen LogP contribution in [0.15, 0.2) is 53.0 Å². The maximum absolute atomic E-state index is 11.6. The monoisotopic (exact) mass is 412 g/mol. The van der Waals surface area contributed by atoms with Gasteiger partial charge in [0.2, 0.25) is 0 Å². The number of halogens is 2. The molecule has 0 unspecified atom stereocenters. The first-order valence-corrected chi connectivity index (χ1v) is 8.04. The first kappa shape index (κ1) is 18.1. The molecule has 8 heteroatoms. The van der Waals surface area contributed by atoms with Crippen LogP contribution in [0.5, 0.6) is 11.5 Å². The molecule has 0 bridgehead atoms. The van der Waals surface area contributed by atoms with E-state index in [9.17, 15) is 9.59 Å². The molecule has 0 radical (unpaired) electrons. The summed E-state index contributed by atoms with van der Waals surface area (Å²) in [6, 6.07) is 13.6. The maximum Gasteiger partial charge on any atom is 0.276 e. The third-order valence-corrected chi connectivity index (χ3v) is 3.49. The lowest BCUT2D eigenvalue weighted by Gasteiger charge is -2.09. The van der Waals surface area contributed by atoms with Gasteiger partial charge in [0, 0.05) is 9.50 Å². The molecule has 2 N–H and O–H groups in total. The van der Waals surface area contributed by atoms with Crippen molar-refractivity contribution in [3.05, 3.63) is 58.0 Å². The van der Waals surface area contributed by atoms with E-state index in [0.29, 0.717) is 16.5 Å². The second-order valence-electron chi connectivity index (χ2n) is 4.58. The highest BCUT2D eigenvalue weighted by molar-refractivity contribution is 9.10. The number of hydrogen-bond donors (Lipinski definition) is 2. The van der Waals surface area contributed by atoms with Gasteiger partial charge in [-0.25, -0.2) is 0 Å². The van der Waals surface area contributed by atoms with Gasteiger partial charge in [-0.15, -0.1) is 0 Å². The van der Waals surface area contributed by atoms with Crippen LogP contribution in [0.3, 0.4) is 0 Å². The summed E-state index contributed by atoms with van der Waals surface area (Å²) in [6.07, 6.45) is 0. The average Bonchev–Trinajstić information content (AvgIpc) is 2.59. The number of rotatable bonds is 6. The average molecular weight is 414 g/mol. The molecule has 0 fully saturated rings. The van der Waals surface area contributed by atoms with Crippen molar-refractivity contribution < 1.29 is 19.1 Å². The molecule has 2 rings (SSSR count). The second kappa shape index (κ2) is 9.14. The fraction of sp³-hybridized carbons (Fsp3) is 0.125. The molecule has 0 spiro atoms. The summed E-state index contributed by atoms with van der Waals surface area (Å²) in [6.45, 7) is -0.463. The number of amides is 2. The number of hydrazine groups is 1. The van der Waals surface area contributed by atoms with Gasteiger partial charge in [-0.05, 0) is 48.5 Å². The quantitative estimate of drug-likeness (QED) is 0.714. The SMILES string of the molecule is O=C(COc1ccc(Cl)cc1)NNC(=O)COc1ccc(Br)cc1. The minimum absolute atomic E-state index is 0.222. The van der Waals surface area contributed by atoms with Gasteiger partial charge >= 0.3 is 0 Å². The zero-order valence-electron chi connectivity index (χ0n) is 12.4. The van der Waals surface area contributed by atoms with Crippen molar-refractivity contribution in [2.24, 2.45) is 0 Å². The van der Waals surface area contributed by atoms with Gasteiger partial charge in [-0.2, -0.15) is 0 Å². The Labute approximate surface area is 152 Å². The van der Waals surface area contributed by atoms with Crippen molar-refractivity contribution in [1.29, 1.82) is 0 Å². The van der Waals surface area contributed by atoms with Gasteiger partial charge in [-0.3, -0.25) is 20.4 Å². The van der Waals surface area contributed by atoms with Crippen LogP contribution in [0.25, 0.3) is 0 Å². The Morgan fingerprint density at radius 2 is 1.25 bits per heavy atom. The summed E-state index contributed by atoms with van der Waals surface area (Å²) < 4.78 is 11.4. The van der Waals surface area contributed by atoms with Crippen LogP contribution in [0, 0.1) is 0 Å². The number of benzene rings is 2. The molecule has 6 nitrogen and oxygen atoms in total. The first-order valence-electron chi connectivity index (χ1n) is 6.87. The highest BCUT2D eigenvalue weighted by Gasteiger charge is 2.06. The number of hydrogen-bond acceptors (Lipinski definition) is 4. The maximum atomic E-state index is 11.6. The minimum atomic E-state index is -0.498. The van der Waals surface area contributed by atoms with Crippen molar-refractivity contribution in [2.75, 3.05) is 13.2 Å². The van der Waals surface area contributed by atoms with Crippen molar-refractivity contribution in [2.45, 2.75) is 0 Å². The van der Waals surface area contributed by atoms with Gasteiger partial charge in [0.05, 0.1) is 0 Å². The van der Waals surface area contributed by atoms with Crippen LogP contribution in [0.1, 0.15) is 0 Å². The van der Waals surface area contributed by atoms with Crippen LogP contribution < -0.4 is 20.3 Å². The molecule has 0 saturated carbocycles. The van der Waals surface area contributed by atoms with Gasteiger partial charge in [0.15, 0.2) is 13.2 Å². The molecule has 24 heavy (non-hydrogen) atoms. The third-order valence-electron chi connectivity index (χ3n) is 2.71. The Morgan fingerprint density at radius 3 is 1.71 bits per heavy atom. The summed E-state index contributed by atoms with van der Waals surface area (Å²) in [5, 5.41) is 0.574. The van der Waals surface area contributed by atoms with E-state index in [2.05, 4.69) is 26.8 Å². The molecule has 0 aliphatic carbocycles. The van der Waals surface area contributed by atoms with E-state index in [1.807, 2.05) is 0 Å². The Morgan fingerprint density at radius 1 is 0.833 bits per heavy atom. The van der Waals surface area contributed by atoms with Crippen molar-refractivity contribution >= 4 is 39.3 Å². The van der Waals surface area contributed by atoms with Crippen LogP contribution in [0.2, 0.25) is 5.02 Å². The second-order valence-corrected chi connectivity index (χ2v) is 5.93. The molecule has 0 saturated heterocycles. The number of nitrogens with one attached hydrogen (secondary N) is 2. The zero-order chi connectivity index (χ0) is 17.4. The lowest BCUT2D eigenvalue weighted by atomic mass is 10.3. The third kappa shape index (κ3) is 6.47. The topological polar surface area (TPSA) is 76.7 Å². The van der Waals surface area contributed by atoms with Gasteiger partial charge in [0.1, 0.15) is 11.5 Å². The molecule has 126 valence electrons. The van der Waals surface area contributed by atoms with Gasteiger partial charge in [-0.1, -0.05) is 27.5 Å². The molecule has 0 aliphatic rings. The number of carbonyl (C=O) groups excluding carboxylic acids is 2. The summed E-state index contributed by atoms with van der Waals surface area (Å²) in [4.78, 5) is 23.2. The number of ether oxygens (including phenoxy) is 2. The van der Waals surface area contributed by atoms with Gasteiger partial charge in [0.25, 0.3) is 11.8 Å².